The van der Waals surface area contributed by atoms with E-state index in [1.54, 1.807) is 6.07 Å². The summed E-state index contributed by atoms with van der Waals surface area (Å²) in [5, 5.41) is 0.468. The fourth-order valence-corrected chi connectivity index (χ4v) is 0.851. The molecule has 1 nitrogen and oxygen atoms in total. The van der Waals surface area contributed by atoms with Crippen molar-refractivity contribution in [2.24, 2.45) is 0 Å². The third kappa shape index (κ3) is 2.83. The zero-order valence-corrected chi connectivity index (χ0v) is 7.36. The van der Waals surface area contributed by atoms with Gasteiger partial charge in [0.1, 0.15) is 10.8 Å². The molecule has 56 valence electrons. The third-order valence-electron chi connectivity index (χ3n) is 1.01. The number of hydrogen-bond donors (Lipinski definition) is 1. The van der Waals surface area contributed by atoms with Crippen LogP contribution in [0.4, 0.5) is 0 Å². The van der Waals surface area contributed by atoms with Crippen LogP contribution in [-0.4, -0.2) is 10.7 Å². The highest BCUT2D eigenvalue weighted by molar-refractivity contribution is 7.80. The molecule has 0 radical (unpaired) electrons. The highest BCUT2D eigenvalue weighted by Gasteiger charge is 1.88. The fraction of sp³-hybridized carbons (Fsp3) is 0.125. The lowest BCUT2D eigenvalue weighted by Gasteiger charge is -1.88. The highest BCUT2D eigenvalue weighted by atomic mass is 35.5. The van der Waals surface area contributed by atoms with Gasteiger partial charge in [-0.05, 0) is 18.1 Å². The number of hydrogen-bond acceptors (Lipinski definition) is 2. The van der Waals surface area contributed by atoms with Crippen LogP contribution in [0, 0.1) is 11.8 Å². The third-order valence-corrected chi connectivity index (χ3v) is 1.38. The maximum atomic E-state index is 5.63. The normalized spacial score (nSPS) is 8.55. The molecule has 0 spiro atoms. The first kappa shape index (κ1) is 8.45. The molecule has 1 aromatic heterocycles. The molecule has 0 atom stereocenters. The van der Waals surface area contributed by atoms with Crippen LogP contribution in [0.3, 0.4) is 0 Å². The van der Waals surface area contributed by atoms with Gasteiger partial charge in [-0.2, -0.15) is 12.6 Å². The minimum atomic E-state index is 0.468. The predicted octanol–water partition coefficient (Wildman–Crippen LogP) is 2.02. The Hall–Kier alpha value is -0.650. The van der Waals surface area contributed by atoms with E-state index in [2.05, 4.69) is 29.5 Å². The molecule has 0 saturated carbocycles. The lowest BCUT2D eigenvalue weighted by molar-refractivity contribution is 1.29. The Kier molecular flexibility index (Phi) is 3.28. The number of aromatic nitrogens is 1. The lowest BCUT2D eigenvalue weighted by Crippen LogP contribution is -1.80. The number of rotatable bonds is 0. The molecular weight excluding hydrogens is 178 g/mol. The van der Waals surface area contributed by atoms with Crippen molar-refractivity contribution >= 4 is 24.2 Å². The minimum absolute atomic E-state index is 0.468. The molecule has 0 unspecified atom stereocenters. The molecule has 1 aromatic rings. The lowest BCUT2D eigenvalue weighted by atomic mass is 10.3. The van der Waals surface area contributed by atoms with Crippen LogP contribution in [0.2, 0.25) is 5.15 Å². The molecule has 0 aromatic carbocycles. The smallest absolute Gasteiger partial charge is 0.130 e. The molecule has 0 bridgehead atoms. The van der Waals surface area contributed by atoms with Crippen LogP contribution < -0.4 is 0 Å². The van der Waals surface area contributed by atoms with Crippen molar-refractivity contribution in [2.75, 3.05) is 5.75 Å². The van der Waals surface area contributed by atoms with Gasteiger partial charge in [0.15, 0.2) is 0 Å². The zero-order valence-electron chi connectivity index (χ0n) is 5.71. The van der Waals surface area contributed by atoms with E-state index in [1.807, 2.05) is 12.1 Å². The van der Waals surface area contributed by atoms with Crippen LogP contribution >= 0.6 is 24.2 Å². The van der Waals surface area contributed by atoms with Crippen molar-refractivity contribution < 1.29 is 0 Å². The Labute approximate surface area is 76.2 Å². The first-order chi connectivity index (χ1) is 5.33. The number of thiol groups is 1. The molecule has 3 heteroatoms. The van der Waals surface area contributed by atoms with Crippen molar-refractivity contribution in [2.45, 2.75) is 0 Å². The molecule has 1 heterocycles. The molecule has 0 aliphatic heterocycles. The second-order valence-electron chi connectivity index (χ2n) is 1.81. The van der Waals surface area contributed by atoms with Gasteiger partial charge in [0.05, 0.1) is 5.75 Å². The summed E-state index contributed by atoms with van der Waals surface area (Å²) >= 11 is 9.57. The Balaban J connectivity index is 2.87. The van der Waals surface area contributed by atoms with E-state index < -0.39 is 0 Å². The number of pyridine rings is 1. The van der Waals surface area contributed by atoms with E-state index in [-0.39, 0.29) is 0 Å². The van der Waals surface area contributed by atoms with Crippen molar-refractivity contribution in [3.63, 3.8) is 0 Å². The second-order valence-corrected chi connectivity index (χ2v) is 2.51. The summed E-state index contributed by atoms with van der Waals surface area (Å²) in [7, 11) is 0. The van der Waals surface area contributed by atoms with E-state index in [0.717, 1.165) is 0 Å². The minimum Gasteiger partial charge on any atom is -0.228 e. The monoisotopic (exact) mass is 183 g/mol. The molecule has 0 aliphatic carbocycles. The fourth-order valence-electron chi connectivity index (χ4n) is 0.608. The van der Waals surface area contributed by atoms with E-state index in [9.17, 15) is 0 Å². The number of nitrogens with zero attached hydrogens (tertiary/aromatic N) is 1. The van der Waals surface area contributed by atoms with E-state index in [4.69, 9.17) is 11.6 Å². The Morgan fingerprint density at radius 1 is 1.55 bits per heavy atom. The van der Waals surface area contributed by atoms with E-state index in [1.165, 1.54) is 0 Å². The van der Waals surface area contributed by atoms with Crippen LogP contribution in [0.5, 0.6) is 0 Å². The van der Waals surface area contributed by atoms with E-state index in [0.29, 0.717) is 16.6 Å². The highest BCUT2D eigenvalue weighted by Crippen LogP contribution is 2.03. The largest absolute Gasteiger partial charge is 0.228 e. The first-order valence-electron chi connectivity index (χ1n) is 3.05. The summed E-state index contributed by atoms with van der Waals surface area (Å²) in [6.45, 7) is 0. The molecule has 0 saturated heterocycles. The quantitative estimate of drug-likeness (QED) is 0.369. The van der Waals surface area contributed by atoms with Gasteiger partial charge in [-0.1, -0.05) is 23.6 Å². The van der Waals surface area contributed by atoms with Gasteiger partial charge in [-0.3, -0.25) is 0 Å². The van der Waals surface area contributed by atoms with Gasteiger partial charge in [-0.15, -0.1) is 0 Å². The summed E-state index contributed by atoms with van der Waals surface area (Å²) in [6.07, 6.45) is 0. The van der Waals surface area contributed by atoms with Crippen molar-refractivity contribution in [1.82, 2.24) is 4.98 Å². The first-order valence-corrected chi connectivity index (χ1v) is 4.06. The zero-order chi connectivity index (χ0) is 8.10. The summed E-state index contributed by atoms with van der Waals surface area (Å²) in [6, 6.07) is 5.34. The van der Waals surface area contributed by atoms with E-state index >= 15 is 0 Å². The molecule has 11 heavy (non-hydrogen) atoms. The van der Waals surface area contributed by atoms with Crippen LogP contribution in [0.25, 0.3) is 0 Å². The second kappa shape index (κ2) is 4.27. The summed E-state index contributed by atoms with van der Waals surface area (Å²) < 4.78 is 0. The molecule has 0 aliphatic rings. The predicted molar refractivity (Wildman–Crippen MR) is 50.0 cm³/mol. The Morgan fingerprint density at radius 3 is 3.00 bits per heavy atom. The molecule has 0 amide bonds. The maximum Gasteiger partial charge on any atom is 0.130 e. The van der Waals surface area contributed by atoms with Crippen LogP contribution in [-0.2, 0) is 0 Å². The number of halogens is 1. The van der Waals surface area contributed by atoms with Gasteiger partial charge >= 0.3 is 0 Å². The maximum absolute atomic E-state index is 5.63. The van der Waals surface area contributed by atoms with Crippen LogP contribution in [0.1, 0.15) is 5.69 Å². The summed E-state index contributed by atoms with van der Waals surface area (Å²) in [5.74, 6) is 6.13. The topological polar surface area (TPSA) is 12.9 Å². The average Bonchev–Trinajstić information content (AvgIpc) is 2.01. The SMILES string of the molecule is SCC#Cc1cccc(Cl)n1. The van der Waals surface area contributed by atoms with Crippen molar-refractivity contribution in [1.29, 1.82) is 0 Å². The Morgan fingerprint density at radius 2 is 2.36 bits per heavy atom. The van der Waals surface area contributed by atoms with Crippen LogP contribution in [0.15, 0.2) is 18.2 Å². The average molecular weight is 184 g/mol. The van der Waals surface area contributed by atoms with Gasteiger partial charge in [-0.25, -0.2) is 4.98 Å². The summed E-state index contributed by atoms with van der Waals surface area (Å²) in [4.78, 5) is 3.97. The molecular formula is C8H6ClNS. The van der Waals surface area contributed by atoms with Gasteiger partial charge in [0.25, 0.3) is 0 Å². The Bertz CT molecular complexity index is 300. The van der Waals surface area contributed by atoms with Crippen molar-refractivity contribution in [3.8, 4) is 11.8 Å². The van der Waals surface area contributed by atoms with Gasteiger partial charge in [0, 0.05) is 0 Å². The summed E-state index contributed by atoms with van der Waals surface area (Å²) in [5.41, 5.74) is 0.687. The molecule has 0 fully saturated rings. The molecule has 0 N–H and O–H groups in total. The van der Waals surface area contributed by atoms with Gasteiger partial charge < -0.3 is 0 Å². The molecule has 1 rings (SSSR count). The van der Waals surface area contributed by atoms with Crippen molar-refractivity contribution in [3.05, 3.63) is 29.0 Å². The van der Waals surface area contributed by atoms with Gasteiger partial charge in [0.2, 0.25) is 0 Å². The standard InChI is InChI=1S/C8H6ClNS/c9-8-5-1-3-7(10-8)4-2-6-11/h1,3,5,11H,6H2.